The predicted octanol–water partition coefficient (Wildman–Crippen LogP) is 0.332. The minimum atomic E-state index is -1.38. The predicted molar refractivity (Wildman–Crippen MR) is 92.6 cm³/mol. The molecule has 0 aliphatic heterocycles. The fraction of sp³-hybridized carbons (Fsp3) is 0.444. The first kappa shape index (κ1) is 21.1. The molecule has 0 spiro atoms. The average Bonchev–Trinajstić information content (AvgIpc) is 2.59. The van der Waals surface area contributed by atoms with E-state index in [0.717, 1.165) is 5.56 Å². The molecule has 8 heteroatoms. The molecule has 0 bridgehead atoms. The van der Waals surface area contributed by atoms with Gasteiger partial charge < -0.3 is 20.5 Å². The van der Waals surface area contributed by atoms with Crippen molar-refractivity contribution >= 4 is 23.8 Å². The molecule has 1 rings (SSSR count). The van der Waals surface area contributed by atoms with Crippen LogP contribution in [-0.4, -0.2) is 43.0 Å². The highest BCUT2D eigenvalue weighted by molar-refractivity contribution is 5.93. The third kappa shape index (κ3) is 6.92. The highest BCUT2D eigenvalue weighted by Gasteiger charge is 2.37. The molecule has 2 atom stereocenters. The highest BCUT2D eigenvalue weighted by atomic mass is 16.5. The van der Waals surface area contributed by atoms with Gasteiger partial charge in [0.05, 0.1) is 32.0 Å². The number of carbonyl (C=O) groups excluding carboxylic acids is 4. The van der Waals surface area contributed by atoms with E-state index in [9.17, 15) is 19.2 Å². The van der Waals surface area contributed by atoms with Gasteiger partial charge in [-0.3, -0.25) is 19.2 Å². The molecule has 0 unspecified atom stereocenters. The molecule has 1 aromatic rings. The van der Waals surface area contributed by atoms with E-state index in [-0.39, 0.29) is 19.6 Å². The zero-order valence-corrected chi connectivity index (χ0v) is 14.9. The van der Waals surface area contributed by atoms with Gasteiger partial charge in [0.2, 0.25) is 11.8 Å². The van der Waals surface area contributed by atoms with Gasteiger partial charge in [-0.05, 0) is 19.4 Å². The van der Waals surface area contributed by atoms with Crippen LogP contribution in [0.5, 0.6) is 0 Å². The molecule has 0 radical (unpaired) electrons. The van der Waals surface area contributed by atoms with E-state index in [1.54, 1.807) is 38.1 Å². The van der Waals surface area contributed by atoms with Crippen LogP contribution in [0.4, 0.5) is 0 Å². The number of primary amides is 1. The number of carbonyl (C=O) groups is 4. The Morgan fingerprint density at radius 1 is 1.04 bits per heavy atom. The Kier molecular flexibility index (Phi) is 8.83. The van der Waals surface area contributed by atoms with E-state index in [1.165, 1.54) is 0 Å². The maximum Gasteiger partial charge on any atom is 0.312 e. The molecule has 0 heterocycles. The summed E-state index contributed by atoms with van der Waals surface area (Å²) >= 11 is 0. The zero-order chi connectivity index (χ0) is 19.5. The van der Waals surface area contributed by atoms with Gasteiger partial charge in [0.1, 0.15) is 6.04 Å². The molecule has 1 aromatic carbocycles. The number of nitrogens with one attached hydrogen (secondary N) is 1. The van der Waals surface area contributed by atoms with E-state index in [1.807, 2.05) is 6.07 Å². The molecule has 0 fully saturated rings. The topological polar surface area (TPSA) is 125 Å². The molecule has 3 N–H and O–H groups in total. The molecule has 2 amide bonds. The Bertz CT molecular complexity index is 632. The fourth-order valence-corrected chi connectivity index (χ4v) is 2.36. The minimum absolute atomic E-state index is 0.000425. The molecular weight excluding hydrogens is 340 g/mol. The lowest BCUT2D eigenvalue weighted by Crippen LogP contribution is -2.52. The molecule has 0 aliphatic carbocycles. The standard InChI is InChI=1S/C18H24N2O6/c1-3-25-15(22)11-13(18(24)26-4-2)16(17(19)23)20-14(21)10-12-8-6-5-7-9-12/h5-9,13,16H,3-4,10-11H2,1-2H3,(H2,19,23)(H,20,21)/t13-,16-/m1/s1. The van der Waals surface area contributed by atoms with Gasteiger partial charge in [0.15, 0.2) is 0 Å². The number of nitrogens with two attached hydrogens (primary N) is 1. The summed E-state index contributed by atoms with van der Waals surface area (Å²) in [7, 11) is 0. The molecule has 26 heavy (non-hydrogen) atoms. The maximum absolute atomic E-state index is 12.2. The van der Waals surface area contributed by atoms with Crippen molar-refractivity contribution in [2.45, 2.75) is 32.7 Å². The van der Waals surface area contributed by atoms with Crippen molar-refractivity contribution < 1.29 is 28.7 Å². The van der Waals surface area contributed by atoms with Crippen molar-refractivity contribution in [1.29, 1.82) is 0 Å². The monoisotopic (exact) mass is 364 g/mol. The van der Waals surface area contributed by atoms with Gasteiger partial charge >= 0.3 is 11.9 Å². The van der Waals surface area contributed by atoms with Crippen molar-refractivity contribution in [1.82, 2.24) is 5.32 Å². The molecular formula is C18H24N2O6. The number of esters is 2. The number of amides is 2. The number of hydrogen-bond donors (Lipinski definition) is 2. The van der Waals surface area contributed by atoms with Crippen molar-refractivity contribution in [3.63, 3.8) is 0 Å². The summed E-state index contributed by atoms with van der Waals surface area (Å²) in [4.78, 5) is 48.0. The van der Waals surface area contributed by atoms with Crippen LogP contribution in [0.15, 0.2) is 30.3 Å². The second kappa shape index (κ2) is 10.9. The number of hydrogen-bond acceptors (Lipinski definition) is 6. The Balaban J connectivity index is 2.91. The summed E-state index contributed by atoms with van der Waals surface area (Å²) in [6, 6.07) is 7.48. The molecule has 0 aliphatic rings. The van der Waals surface area contributed by atoms with E-state index in [2.05, 4.69) is 5.32 Å². The van der Waals surface area contributed by atoms with Gasteiger partial charge in [-0.1, -0.05) is 30.3 Å². The lowest BCUT2D eigenvalue weighted by Gasteiger charge is -2.23. The van der Waals surface area contributed by atoms with Crippen LogP contribution >= 0.6 is 0 Å². The average molecular weight is 364 g/mol. The first-order chi connectivity index (χ1) is 12.4. The normalized spacial score (nSPS) is 12.5. The molecule has 8 nitrogen and oxygen atoms in total. The quantitative estimate of drug-likeness (QED) is 0.577. The van der Waals surface area contributed by atoms with Crippen molar-refractivity contribution in [3.8, 4) is 0 Å². The lowest BCUT2D eigenvalue weighted by atomic mass is 9.95. The highest BCUT2D eigenvalue weighted by Crippen LogP contribution is 2.14. The van der Waals surface area contributed by atoms with Crippen LogP contribution in [0, 0.1) is 5.92 Å². The SMILES string of the molecule is CCOC(=O)C[C@@H](C(=O)OCC)[C@@H](NC(=O)Cc1ccccc1)C(N)=O. The Hall–Kier alpha value is -2.90. The number of ether oxygens (including phenoxy) is 2. The van der Waals surface area contributed by atoms with Gasteiger partial charge in [-0.15, -0.1) is 0 Å². The maximum atomic E-state index is 12.2. The first-order valence-corrected chi connectivity index (χ1v) is 8.33. The Morgan fingerprint density at radius 2 is 1.65 bits per heavy atom. The minimum Gasteiger partial charge on any atom is -0.466 e. The van der Waals surface area contributed by atoms with Gasteiger partial charge in [0.25, 0.3) is 0 Å². The van der Waals surface area contributed by atoms with E-state index < -0.39 is 42.1 Å². The molecule has 0 aromatic heterocycles. The van der Waals surface area contributed by atoms with Crippen LogP contribution in [0.1, 0.15) is 25.8 Å². The smallest absolute Gasteiger partial charge is 0.312 e. The summed E-state index contributed by atoms with van der Waals surface area (Å²) in [6.07, 6.45) is -0.425. The van der Waals surface area contributed by atoms with E-state index in [0.29, 0.717) is 0 Å². The van der Waals surface area contributed by atoms with Crippen molar-refractivity contribution in [2.75, 3.05) is 13.2 Å². The second-order valence-corrected chi connectivity index (χ2v) is 5.48. The van der Waals surface area contributed by atoms with Gasteiger partial charge in [-0.2, -0.15) is 0 Å². The Labute approximate surface area is 152 Å². The van der Waals surface area contributed by atoms with Crippen molar-refractivity contribution in [3.05, 3.63) is 35.9 Å². The molecule has 0 saturated heterocycles. The summed E-state index contributed by atoms with van der Waals surface area (Å²) in [5.41, 5.74) is 6.08. The summed E-state index contributed by atoms with van der Waals surface area (Å²) in [5, 5.41) is 2.43. The van der Waals surface area contributed by atoms with Crippen LogP contribution in [0.2, 0.25) is 0 Å². The Morgan fingerprint density at radius 3 is 2.19 bits per heavy atom. The van der Waals surface area contributed by atoms with Crippen LogP contribution in [-0.2, 0) is 35.1 Å². The largest absolute Gasteiger partial charge is 0.466 e. The van der Waals surface area contributed by atoms with Crippen LogP contribution < -0.4 is 11.1 Å². The third-order valence-electron chi connectivity index (χ3n) is 3.51. The van der Waals surface area contributed by atoms with Gasteiger partial charge in [-0.25, -0.2) is 0 Å². The molecule has 142 valence electrons. The lowest BCUT2D eigenvalue weighted by molar-refractivity contribution is -0.157. The number of rotatable bonds is 10. The van der Waals surface area contributed by atoms with Crippen molar-refractivity contribution in [2.24, 2.45) is 11.7 Å². The second-order valence-electron chi connectivity index (χ2n) is 5.48. The van der Waals surface area contributed by atoms with E-state index in [4.69, 9.17) is 15.2 Å². The zero-order valence-electron chi connectivity index (χ0n) is 14.9. The third-order valence-corrected chi connectivity index (χ3v) is 3.51. The fourth-order valence-electron chi connectivity index (χ4n) is 2.36. The molecule has 0 saturated carbocycles. The number of benzene rings is 1. The summed E-state index contributed by atoms with van der Waals surface area (Å²) < 4.78 is 9.73. The van der Waals surface area contributed by atoms with E-state index >= 15 is 0 Å². The van der Waals surface area contributed by atoms with Crippen LogP contribution in [0.25, 0.3) is 0 Å². The summed E-state index contributed by atoms with van der Waals surface area (Å²) in [5.74, 6) is -4.18. The van der Waals surface area contributed by atoms with Gasteiger partial charge in [0, 0.05) is 0 Å². The summed E-state index contributed by atoms with van der Waals surface area (Å²) in [6.45, 7) is 3.38. The first-order valence-electron chi connectivity index (χ1n) is 8.33. The van der Waals surface area contributed by atoms with Crippen LogP contribution in [0.3, 0.4) is 0 Å².